The van der Waals surface area contributed by atoms with E-state index in [1.165, 1.54) is 0 Å². The Hall–Kier alpha value is -2.09. The standard InChI is InChI=1S/C18H30N6O2/c1-6-18(4)13-14(16(26)24(18)11(2)3)22(5)17(21-15(13)19)23-9-7-12(25)20-8-10-23/h11,17H,6-10H2,1-5H3,(H2,19,21)(H,20,25). The van der Waals surface area contributed by atoms with E-state index in [1.807, 2.05) is 30.7 Å². The van der Waals surface area contributed by atoms with Crippen molar-refractivity contribution in [1.29, 1.82) is 0 Å². The van der Waals surface area contributed by atoms with E-state index in [4.69, 9.17) is 10.7 Å². The summed E-state index contributed by atoms with van der Waals surface area (Å²) >= 11 is 0. The average Bonchev–Trinajstić information content (AvgIpc) is 2.70. The fourth-order valence-electron chi connectivity index (χ4n) is 4.43. The van der Waals surface area contributed by atoms with Crippen molar-refractivity contribution < 1.29 is 9.59 Å². The first kappa shape index (κ1) is 18.7. The number of nitrogens with one attached hydrogen (secondary N) is 1. The number of aliphatic imine (C=N–C) groups is 1. The highest BCUT2D eigenvalue weighted by Gasteiger charge is 2.53. The Labute approximate surface area is 155 Å². The molecule has 3 N–H and O–H groups in total. The Bertz CT molecular complexity index is 685. The maximum Gasteiger partial charge on any atom is 0.271 e. The molecule has 3 heterocycles. The van der Waals surface area contributed by atoms with E-state index in [9.17, 15) is 9.59 Å². The van der Waals surface area contributed by atoms with Gasteiger partial charge in [0.2, 0.25) is 5.91 Å². The van der Waals surface area contributed by atoms with Gasteiger partial charge < -0.3 is 20.9 Å². The van der Waals surface area contributed by atoms with Gasteiger partial charge in [-0.25, -0.2) is 4.99 Å². The molecule has 0 spiro atoms. The van der Waals surface area contributed by atoms with Crippen LogP contribution in [-0.2, 0) is 9.59 Å². The number of amidine groups is 1. The summed E-state index contributed by atoms with van der Waals surface area (Å²) in [6.45, 7) is 10.0. The van der Waals surface area contributed by atoms with Crippen molar-refractivity contribution >= 4 is 17.6 Å². The molecule has 144 valence electrons. The summed E-state index contributed by atoms with van der Waals surface area (Å²) in [6.07, 6.45) is 0.829. The second-order valence-electron chi connectivity index (χ2n) is 7.73. The van der Waals surface area contributed by atoms with Crippen LogP contribution in [0.1, 0.15) is 40.5 Å². The maximum atomic E-state index is 13.3. The lowest BCUT2D eigenvalue weighted by atomic mass is 9.87. The normalized spacial score (nSPS) is 30.5. The molecule has 26 heavy (non-hydrogen) atoms. The number of nitrogens with zero attached hydrogens (tertiary/aromatic N) is 4. The summed E-state index contributed by atoms with van der Waals surface area (Å²) in [5, 5.41) is 2.87. The number of nitrogens with two attached hydrogens (primary N) is 1. The van der Waals surface area contributed by atoms with Crippen molar-refractivity contribution in [3.63, 3.8) is 0 Å². The highest BCUT2D eigenvalue weighted by molar-refractivity contribution is 6.12. The van der Waals surface area contributed by atoms with Gasteiger partial charge in [-0.2, -0.15) is 0 Å². The molecule has 8 heteroatoms. The third-order valence-electron chi connectivity index (χ3n) is 5.82. The third-order valence-corrected chi connectivity index (χ3v) is 5.82. The minimum absolute atomic E-state index is 0.00808. The molecule has 1 fully saturated rings. The lowest BCUT2D eigenvalue weighted by Crippen LogP contribution is -2.51. The molecule has 0 aromatic rings. The van der Waals surface area contributed by atoms with Crippen molar-refractivity contribution in [1.82, 2.24) is 20.0 Å². The number of rotatable bonds is 3. The van der Waals surface area contributed by atoms with Gasteiger partial charge in [-0.15, -0.1) is 0 Å². The SMILES string of the molecule is CCC1(C)C2=C(C(=O)N1C(C)C)N(C)C(N1CCNC(=O)CC1)N=C2N. The Morgan fingerprint density at radius 3 is 2.65 bits per heavy atom. The van der Waals surface area contributed by atoms with E-state index >= 15 is 0 Å². The largest absolute Gasteiger partial charge is 0.384 e. The van der Waals surface area contributed by atoms with Gasteiger partial charge >= 0.3 is 0 Å². The van der Waals surface area contributed by atoms with Gasteiger partial charge in [-0.3, -0.25) is 14.5 Å². The Morgan fingerprint density at radius 2 is 2.04 bits per heavy atom. The number of carbonyl (C=O) groups is 2. The molecular formula is C18H30N6O2. The van der Waals surface area contributed by atoms with E-state index in [0.717, 1.165) is 12.0 Å². The summed E-state index contributed by atoms with van der Waals surface area (Å²) in [5.74, 6) is 0.491. The fourth-order valence-corrected chi connectivity index (χ4v) is 4.43. The first-order valence-corrected chi connectivity index (χ1v) is 9.38. The van der Waals surface area contributed by atoms with Crippen LogP contribution in [0, 0.1) is 0 Å². The van der Waals surface area contributed by atoms with E-state index < -0.39 is 5.54 Å². The zero-order chi connectivity index (χ0) is 19.2. The van der Waals surface area contributed by atoms with E-state index in [-0.39, 0.29) is 24.1 Å². The fraction of sp³-hybridized carbons (Fsp3) is 0.722. The predicted molar refractivity (Wildman–Crippen MR) is 100 cm³/mol. The van der Waals surface area contributed by atoms with Gasteiger partial charge in [0.05, 0.1) is 5.54 Å². The van der Waals surface area contributed by atoms with Crippen LogP contribution in [0.25, 0.3) is 0 Å². The molecule has 0 aliphatic carbocycles. The van der Waals surface area contributed by atoms with Crippen LogP contribution in [0.5, 0.6) is 0 Å². The third kappa shape index (κ3) is 2.67. The highest BCUT2D eigenvalue weighted by Crippen LogP contribution is 2.43. The molecule has 2 amide bonds. The van der Waals surface area contributed by atoms with Gasteiger partial charge in [0.15, 0.2) is 6.29 Å². The van der Waals surface area contributed by atoms with Crippen molar-refractivity contribution in [3.05, 3.63) is 11.3 Å². The van der Waals surface area contributed by atoms with Crippen LogP contribution in [0.15, 0.2) is 16.3 Å². The maximum absolute atomic E-state index is 13.3. The summed E-state index contributed by atoms with van der Waals surface area (Å²) in [5.41, 5.74) is 7.42. The van der Waals surface area contributed by atoms with Gasteiger partial charge in [0.1, 0.15) is 11.5 Å². The second-order valence-corrected chi connectivity index (χ2v) is 7.73. The van der Waals surface area contributed by atoms with Crippen molar-refractivity contribution in [2.45, 2.75) is 58.4 Å². The van der Waals surface area contributed by atoms with Gasteiger partial charge in [-0.1, -0.05) is 6.92 Å². The lowest BCUT2D eigenvalue weighted by molar-refractivity contribution is -0.133. The highest BCUT2D eigenvalue weighted by atomic mass is 16.2. The first-order valence-electron chi connectivity index (χ1n) is 9.38. The van der Waals surface area contributed by atoms with Crippen LogP contribution in [0.4, 0.5) is 0 Å². The number of amides is 2. The van der Waals surface area contributed by atoms with Crippen molar-refractivity contribution in [2.24, 2.45) is 10.7 Å². The molecule has 3 rings (SSSR count). The molecule has 3 aliphatic rings. The zero-order valence-corrected chi connectivity index (χ0v) is 16.4. The molecule has 0 bridgehead atoms. The average molecular weight is 362 g/mol. The molecule has 1 saturated heterocycles. The molecule has 3 aliphatic heterocycles. The molecule has 8 nitrogen and oxygen atoms in total. The summed E-state index contributed by atoms with van der Waals surface area (Å²) in [7, 11) is 1.90. The predicted octanol–water partition coefficient (Wildman–Crippen LogP) is 0.0679. The Kier molecular flexibility index (Phi) is 4.72. The second kappa shape index (κ2) is 6.57. The van der Waals surface area contributed by atoms with Crippen LogP contribution >= 0.6 is 0 Å². The molecule has 0 saturated carbocycles. The number of likely N-dealkylation sites (N-methyl/N-ethyl adjacent to an activating group) is 1. The quantitative estimate of drug-likeness (QED) is 0.741. The number of hydrogen-bond acceptors (Lipinski definition) is 6. The molecule has 0 aromatic heterocycles. The monoisotopic (exact) mass is 362 g/mol. The van der Waals surface area contributed by atoms with Gasteiger partial charge in [0, 0.05) is 44.7 Å². The van der Waals surface area contributed by atoms with Crippen LogP contribution < -0.4 is 11.1 Å². The van der Waals surface area contributed by atoms with E-state index in [0.29, 0.717) is 37.6 Å². The molecule has 2 atom stereocenters. The van der Waals surface area contributed by atoms with Crippen molar-refractivity contribution in [3.8, 4) is 0 Å². The summed E-state index contributed by atoms with van der Waals surface area (Å²) in [6, 6.07) is 0.0673. The molecule has 0 aromatic carbocycles. The number of carbonyl (C=O) groups excluding carboxylic acids is 2. The molecular weight excluding hydrogens is 332 g/mol. The summed E-state index contributed by atoms with van der Waals surface area (Å²) in [4.78, 5) is 35.6. The molecule has 0 radical (unpaired) electrons. The first-order chi connectivity index (χ1) is 12.2. The van der Waals surface area contributed by atoms with Crippen LogP contribution in [0.2, 0.25) is 0 Å². The van der Waals surface area contributed by atoms with E-state index in [1.54, 1.807) is 0 Å². The molecule has 2 unspecified atom stereocenters. The lowest BCUT2D eigenvalue weighted by Gasteiger charge is -2.40. The summed E-state index contributed by atoms with van der Waals surface area (Å²) < 4.78 is 0. The van der Waals surface area contributed by atoms with Crippen molar-refractivity contribution in [2.75, 3.05) is 26.7 Å². The van der Waals surface area contributed by atoms with Crippen LogP contribution in [0.3, 0.4) is 0 Å². The van der Waals surface area contributed by atoms with E-state index in [2.05, 4.69) is 24.1 Å². The smallest absolute Gasteiger partial charge is 0.271 e. The van der Waals surface area contributed by atoms with Crippen LogP contribution in [-0.4, -0.2) is 76.9 Å². The number of hydrogen-bond donors (Lipinski definition) is 2. The minimum Gasteiger partial charge on any atom is -0.384 e. The topological polar surface area (TPSA) is 94.3 Å². The zero-order valence-electron chi connectivity index (χ0n) is 16.4. The Morgan fingerprint density at radius 1 is 1.35 bits per heavy atom. The van der Waals surface area contributed by atoms with Gasteiger partial charge in [-0.05, 0) is 27.2 Å². The minimum atomic E-state index is -0.455. The van der Waals surface area contributed by atoms with Gasteiger partial charge in [0.25, 0.3) is 5.91 Å². The Balaban J connectivity index is 1.99.